The Balaban J connectivity index is 2.38. The molecule has 0 aliphatic heterocycles. The highest BCUT2D eigenvalue weighted by Gasteiger charge is 2.07. The number of aryl methyl sites for hydroxylation is 1. The minimum absolute atomic E-state index is 0.314. The summed E-state index contributed by atoms with van der Waals surface area (Å²) in [6.07, 6.45) is 8.66. The van der Waals surface area contributed by atoms with Crippen LogP contribution >= 0.6 is 0 Å². The zero-order valence-corrected chi connectivity index (χ0v) is 10.4. The van der Waals surface area contributed by atoms with Crippen molar-refractivity contribution in [2.45, 2.75) is 45.2 Å². The van der Waals surface area contributed by atoms with Crippen LogP contribution in [0.5, 0.6) is 0 Å². The summed E-state index contributed by atoms with van der Waals surface area (Å²) in [6.45, 7) is 3.56. The maximum atomic E-state index is 8.69. The summed E-state index contributed by atoms with van der Waals surface area (Å²) in [6, 6.07) is 2.66. The molecule has 2 N–H and O–H groups in total. The summed E-state index contributed by atoms with van der Waals surface area (Å²) in [5.41, 5.74) is 1.37. The smallest absolute Gasteiger partial charge is 0.0431 e. The van der Waals surface area contributed by atoms with Crippen molar-refractivity contribution in [2.75, 3.05) is 13.7 Å². The molecule has 1 aromatic rings. The number of hydrogen-bond acceptors (Lipinski definition) is 2. The van der Waals surface area contributed by atoms with Gasteiger partial charge in [-0.3, -0.25) is 0 Å². The highest BCUT2D eigenvalue weighted by Crippen LogP contribution is 2.16. The second-order valence-corrected chi connectivity index (χ2v) is 4.22. The molecule has 0 fully saturated rings. The first-order chi connectivity index (χ1) is 7.81. The Kier molecular flexibility index (Phi) is 6.19. The van der Waals surface area contributed by atoms with Gasteiger partial charge in [-0.2, -0.15) is 0 Å². The van der Waals surface area contributed by atoms with Gasteiger partial charge in [-0.05, 0) is 44.4 Å². The Labute approximate surface area is 98.5 Å². The van der Waals surface area contributed by atoms with Gasteiger partial charge in [-0.15, -0.1) is 0 Å². The summed E-state index contributed by atoms with van der Waals surface area (Å²) in [4.78, 5) is 0. The fraction of sp³-hybridized carbons (Fsp3) is 0.692. The molecule has 1 rings (SSSR count). The van der Waals surface area contributed by atoms with Gasteiger partial charge in [-0.1, -0.05) is 6.92 Å². The molecule has 92 valence electrons. The topological polar surface area (TPSA) is 37.2 Å². The number of nitrogens with zero attached hydrogens (tertiary/aromatic N) is 1. The first-order valence-electron chi connectivity index (χ1n) is 6.25. The average molecular weight is 224 g/mol. The van der Waals surface area contributed by atoms with E-state index in [1.807, 2.05) is 7.05 Å². The summed E-state index contributed by atoms with van der Waals surface area (Å²) in [7, 11) is 2.01. The fourth-order valence-corrected chi connectivity index (χ4v) is 1.99. The van der Waals surface area contributed by atoms with Crippen molar-refractivity contribution in [3.05, 3.63) is 24.0 Å². The Morgan fingerprint density at radius 3 is 2.81 bits per heavy atom. The number of hydrogen-bond donors (Lipinski definition) is 2. The monoisotopic (exact) mass is 224 g/mol. The van der Waals surface area contributed by atoms with E-state index in [0.29, 0.717) is 12.6 Å². The molecule has 0 aliphatic carbocycles. The van der Waals surface area contributed by atoms with Crippen LogP contribution in [0.1, 0.15) is 44.2 Å². The van der Waals surface area contributed by atoms with Gasteiger partial charge in [0.1, 0.15) is 0 Å². The highest BCUT2D eigenvalue weighted by molar-refractivity contribution is 5.15. The number of aliphatic hydroxyl groups excluding tert-OH is 1. The molecule has 1 atom stereocenters. The van der Waals surface area contributed by atoms with Crippen molar-refractivity contribution in [1.82, 2.24) is 9.88 Å². The molecular weight excluding hydrogens is 200 g/mol. The maximum Gasteiger partial charge on any atom is 0.0431 e. The predicted octanol–water partition coefficient (Wildman–Crippen LogP) is 2.32. The molecule has 0 spiro atoms. The van der Waals surface area contributed by atoms with Gasteiger partial charge >= 0.3 is 0 Å². The Hall–Kier alpha value is -0.800. The molecule has 0 saturated carbocycles. The third-order valence-electron chi connectivity index (χ3n) is 3.01. The second kappa shape index (κ2) is 7.47. The number of aliphatic hydroxyl groups is 1. The Morgan fingerprint density at radius 2 is 2.19 bits per heavy atom. The van der Waals surface area contributed by atoms with Crippen LogP contribution in [0.4, 0.5) is 0 Å². The van der Waals surface area contributed by atoms with E-state index in [2.05, 4.69) is 35.3 Å². The van der Waals surface area contributed by atoms with Crippen LogP contribution in [0.25, 0.3) is 0 Å². The van der Waals surface area contributed by atoms with Crippen LogP contribution < -0.4 is 5.32 Å². The largest absolute Gasteiger partial charge is 0.396 e. The Bertz CT molecular complexity index is 279. The highest BCUT2D eigenvalue weighted by atomic mass is 16.2. The van der Waals surface area contributed by atoms with Gasteiger partial charge in [0.2, 0.25) is 0 Å². The molecule has 0 amide bonds. The third kappa shape index (κ3) is 3.99. The van der Waals surface area contributed by atoms with E-state index in [9.17, 15) is 0 Å². The molecule has 1 unspecified atom stereocenters. The Morgan fingerprint density at radius 1 is 1.38 bits per heavy atom. The van der Waals surface area contributed by atoms with Crippen molar-refractivity contribution in [3.63, 3.8) is 0 Å². The lowest BCUT2D eigenvalue weighted by Crippen LogP contribution is -2.14. The first-order valence-corrected chi connectivity index (χ1v) is 6.25. The van der Waals surface area contributed by atoms with Crippen molar-refractivity contribution in [3.8, 4) is 0 Å². The lowest BCUT2D eigenvalue weighted by molar-refractivity contribution is 0.282. The number of nitrogens with one attached hydrogen (secondary N) is 1. The molecule has 3 heteroatoms. The second-order valence-electron chi connectivity index (χ2n) is 4.22. The zero-order chi connectivity index (χ0) is 11.8. The van der Waals surface area contributed by atoms with E-state index < -0.39 is 0 Å². The lowest BCUT2D eigenvalue weighted by atomic mass is 10.1. The normalized spacial score (nSPS) is 12.9. The van der Waals surface area contributed by atoms with Crippen molar-refractivity contribution in [1.29, 1.82) is 0 Å². The van der Waals surface area contributed by atoms with Gasteiger partial charge < -0.3 is 15.0 Å². The molecule has 0 aliphatic rings. The van der Waals surface area contributed by atoms with Crippen molar-refractivity contribution in [2.24, 2.45) is 0 Å². The predicted molar refractivity (Wildman–Crippen MR) is 67.5 cm³/mol. The molecule has 0 saturated heterocycles. The molecule has 3 nitrogen and oxygen atoms in total. The molecule has 1 heterocycles. The van der Waals surface area contributed by atoms with Gasteiger partial charge in [0, 0.05) is 31.6 Å². The van der Waals surface area contributed by atoms with Crippen LogP contribution in [-0.2, 0) is 6.54 Å². The van der Waals surface area contributed by atoms with Crippen molar-refractivity contribution >= 4 is 0 Å². The van der Waals surface area contributed by atoms with Gasteiger partial charge in [0.25, 0.3) is 0 Å². The summed E-state index contributed by atoms with van der Waals surface area (Å²) < 4.78 is 2.24. The maximum absolute atomic E-state index is 8.69. The van der Waals surface area contributed by atoms with E-state index >= 15 is 0 Å². The van der Waals surface area contributed by atoms with E-state index in [1.54, 1.807) is 0 Å². The van der Waals surface area contributed by atoms with Crippen LogP contribution in [0.15, 0.2) is 18.5 Å². The van der Waals surface area contributed by atoms with Gasteiger partial charge in [0.05, 0.1) is 0 Å². The number of rotatable bonds is 8. The van der Waals surface area contributed by atoms with E-state index in [-0.39, 0.29) is 0 Å². The minimum Gasteiger partial charge on any atom is -0.396 e. The molecular formula is C13H24N2O. The minimum atomic E-state index is 0.314. The number of unbranched alkanes of at least 4 members (excludes halogenated alkanes) is 2. The lowest BCUT2D eigenvalue weighted by Gasteiger charge is -2.11. The average Bonchev–Trinajstić information content (AvgIpc) is 2.75. The van der Waals surface area contributed by atoms with Crippen LogP contribution in [0.3, 0.4) is 0 Å². The van der Waals surface area contributed by atoms with Gasteiger partial charge in [-0.25, -0.2) is 0 Å². The first kappa shape index (κ1) is 13.3. The van der Waals surface area contributed by atoms with E-state index in [4.69, 9.17) is 5.11 Å². The summed E-state index contributed by atoms with van der Waals surface area (Å²) in [5, 5.41) is 12.0. The van der Waals surface area contributed by atoms with E-state index in [0.717, 1.165) is 32.2 Å². The zero-order valence-electron chi connectivity index (χ0n) is 10.4. The molecule has 0 aromatic carbocycles. The van der Waals surface area contributed by atoms with Crippen LogP contribution in [0.2, 0.25) is 0 Å². The standard InChI is InChI=1S/C13H24N2O/c1-3-13(14-2)12-7-9-15(11-12)8-5-4-6-10-16/h7,9,11,13-14,16H,3-6,8,10H2,1-2H3. The van der Waals surface area contributed by atoms with Crippen LogP contribution in [-0.4, -0.2) is 23.3 Å². The molecule has 1 aromatic heterocycles. The SMILES string of the molecule is CCC(NC)c1ccn(CCCCCO)c1. The quantitative estimate of drug-likeness (QED) is 0.665. The van der Waals surface area contributed by atoms with Crippen LogP contribution in [0, 0.1) is 0 Å². The summed E-state index contributed by atoms with van der Waals surface area (Å²) in [5.74, 6) is 0. The molecule has 0 radical (unpaired) electrons. The summed E-state index contributed by atoms with van der Waals surface area (Å²) >= 11 is 0. The third-order valence-corrected chi connectivity index (χ3v) is 3.01. The van der Waals surface area contributed by atoms with Crippen molar-refractivity contribution < 1.29 is 5.11 Å². The number of aromatic nitrogens is 1. The van der Waals surface area contributed by atoms with Gasteiger partial charge in [0.15, 0.2) is 0 Å². The molecule has 0 bridgehead atoms. The fourth-order valence-electron chi connectivity index (χ4n) is 1.99. The molecule has 16 heavy (non-hydrogen) atoms. The van der Waals surface area contributed by atoms with E-state index in [1.165, 1.54) is 5.56 Å².